The Morgan fingerprint density at radius 3 is 2.65 bits per heavy atom. The number of ether oxygens (including phenoxy) is 1. The van der Waals surface area contributed by atoms with Gasteiger partial charge in [0, 0.05) is 30.1 Å². The molecule has 2 aromatic heterocycles. The van der Waals surface area contributed by atoms with Gasteiger partial charge in [-0.3, -0.25) is 4.98 Å². The number of aryl methyl sites for hydroxylation is 1. The quantitative estimate of drug-likeness (QED) is 0.861. The average Bonchev–Trinajstić information content (AvgIpc) is 2.38. The van der Waals surface area contributed by atoms with Gasteiger partial charge in [0.25, 0.3) is 0 Å². The minimum atomic E-state index is -4.40. The monoisotopic (exact) mass is 282 g/mol. The first-order chi connectivity index (χ1) is 9.45. The maximum absolute atomic E-state index is 12.6. The number of hydrogen-bond donors (Lipinski definition) is 0. The van der Waals surface area contributed by atoms with E-state index >= 15 is 0 Å². The molecular formula is C14H13F3N2O. The molecule has 0 amide bonds. The van der Waals surface area contributed by atoms with Gasteiger partial charge in [0.15, 0.2) is 0 Å². The predicted octanol–water partition coefficient (Wildman–Crippen LogP) is 3.43. The van der Waals surface area contributed by atoms with E-state index in [0.717, 1.165) is 17.8 Å². The number of aromatic nitrogens is 2. The Bertz CT molecular complexity index is 570. The summed E-state index contributed by atoms with van der Waals surface area (Å²) in [7, 11) is 0. The Balaban J connectivity index is 2.01. The van der Waals surface area contributed by atoms with Crippen molar-refractivity contribution in [2.45, 2.75) is 19.5 Å². The highest BCUT2D eigenvalue weighted by Crippen LogP contribution is 2.31. The topological polar surface area (TPSA) is 35.0 Å². The lowest BCUT2D eigenvalue weighted by atomic mass is 10.2. The van der Waals surface area contributed by atoms with Crippen molar-refractivity contribution in [2.24, 2.45) is 0 Å². The molecule has 0 aliphatic carbocycles. The van der Waals surface area contributed by atoms with E-state index in [4.69, 9.17) is 4.74 Å². The van der Waals surface area contributed by atoms with Gasteiger partial charge < -0.3 is 4.74 Å². The highest BCUT2D eigenvalue weighted by molar-refractivity contribution is 5.26. The molecule has 0 aliphatic rings. The van der Waals surface area contributed by atoms with Crippen molar-refractivity contribution in [1.29, 1.82) is 0 Å². The van der Waals surface area contributed by atoms with Gasteiger partial charge in [0.2, 0.25) is 5.88 Å². The van der Waals surface area contributed by atoms with Gasteiger partial charge in [0.05, 0.1) is 12.2 Å². The highest BCUT2D eigenvalue weighted by atomic mass is 19.4. The molecule has 0 unspecified atom stereocenters. The molecule has 0 saturated heterocycles. The van der Waals surface area contributed by atoms with Gasteiger partial charge >= 0.3 is 6.18 Å². The first-order valence-electron chi connectivity index (χ1n) is 6.04. The minimum Gasteiger partial charge on any atom is -0.477 e. The second-order valence-electron chi connectivity index (χ2n) is 4.25. The van der Waals surface area contributed by atoms with Crippen LogP contribution in [0.25, 0.3) is 0 Å². The predicted molar refractivity (Wildman–Crippen MR) is 67.4 cm³/mol. The molecule has 106 valence electrons. The fourth-order valence-electron chi connectivity index (χ4n) is 1.68. The molecule has 0 N–H and O–H groups in total. The SMILES string of the molecule is Cc1cc(C(F)(F)F)cc(OCCc2ccccn2)n1. The number of alkyl halides is 3. The van der Waals surface area contributed by atoms with Crippen molar-refractivity contribution in [3.8, 4) is 5.88 Å². The first-order valence-corrected chi connectivity index (χ1v) is 6.04. The molecule has 2 heterocycles. The van der Waals surface area contributed by atoms with Crippen molar-refractivity contribution in [3.63, 3.8) is 0 Å². The van der Waals surface area contributed by atoms with E-state index in [1.54, 1.807) is 12.3 Å². The zero-order valence-electron chi connectivity index (χ0n) is 10.8. The third-order valence-corrected chi connectivity index (χ3v) is 2.59. The molecule has 20 heavy (non-hydrogen) atoms. The van der Waals surface area contributed by atoms with Crippen LogP contribution in [0.15, 0.2) is 36.5 Å². The standard InChI is InChI=1S/C14H13F3N2O/c1-10-8-11(14(15,16)17)9-13(19-10)20-7-5-12-4-2-3-6-18-12/h2-4,6,8-9H,5,7H2,1H3. The highest BCUT2D eigenvalue weighted by Gasteiger charge is 2.31. The third kappa shape index (κ3) is 3.94. The average molecular weight is 282 g/mol. The lowest BCUT2D eigenvalue weighted by Gasteiger charge is -2.10. The Morgan fingerprint density at radius 1 is 1.20 bits per heavy atom. The summed E-state index contributed by atoms with van der Waals surface area (Å²) in [5.74, 6) is -0.0201. The number of pyridine rings is 2. The van der Waals surface area contributed by atoms with Gasteiger partial charge in [-0.2, -0.15) is 13.2 Å². The van der Waals surface area contributed by atoms with Crippen LogP contribution in [0, 0.1) is 6.92 Å². The fraction of sp³-hybridized carbons (Fsp3) is 0.286. The number of hydrogen-bond acceptors (Lipinski definition) is 3. The van der Waals surface area contributed by atoms with Crippen LogP contribution in [0.4, 0.5) is 13.2 Å². The van der Waals surface area contributed by atoms with Gasteiger partial charge in [-0.15, -0.1) is 0 Å². The summed E-state index contributed by atoms with van der Waals surface area (Å²) in [5, 5.41) is 0. The molecule has 0 atom stereocenters. The first kappa shape index (κ1) is 14.3. The molecule has 0 fully saturated rings. The zero-order valence-corrected chi connectivity index (χ0v) is 10.8. The normalized spacial score (nSPS) is 11.4. The molecule has 0 aliphatic heterocycles. The smallest absolute Gasteiger partial charge is 0.416 e. The van der Waals surface area contributed by atoms with Crippen LogP contribution in [0.5, 0.6) is 5.88 Å². The van der Waals surface area contributed by atoms with Crippen LogP contribution >= 0.6 is 0 Å². The molecule has 2 aromatic rings. The van der Waals surface area contributed by atoms with Crippen molar-refractivity contribution < 1.29 is 17.9 Å². The Kier molecular flexibility index (Phi) is 4.22. The van der Waals surface area contributed by atoms with E-state index in [0.29, 0.717) is 6.42 Å². The number of halogens is 3. The molecular weight excluding hydrogens is 269 g/mol. The van der Waals surface area contributed by atoms with E-state index in [2.05, 4.69) is 9.97 Å². The summed E-state index contributed by atoms with van der Waals surface area (Å²) in [6, 6.07) is 7.36. The fourth-order valence-corrected chi connectivity index (χ4v) is 1.68. The lowest BCUT2D eigenvalue weighted by molar-refractivity contribution is -0.137. The molecule has 2 rings (SSSR count). The van der Waals surface area contributed by atoms with Crippen LogP contribution in [0.2, 0.25) is 0 Å². The van der Waals surface area contributed by atoms with Crippen molar-refractivity contribution >= 4 is 0 Å². The summed E-state index contributed by atoms with van der Waals surface area (Å²) in [5.41, 5.74) is 0.335. The largest absolute Gasteiger partial charge is 0.477 e. The summed E-state index contributed by atoms with van der Waals surface area (Å²) in [6.07, 6.45) is -2.23. The second-order valence-corrected chi connectivity index (χ2v) is 4.25. The Morgan fingerprint density at radius 2 is 2.00 bits per heavy atom. The maximum Gasteiger partial charge on any atom is 0.416 e. The third-order valence-electron chi connectivity index (χ3n) is 2.59. The van der Waals surface area contributed by atoms with E-state index in [1.807, 2.05) is 12.1 Å². The van der Waals surface area contributed by atoms with E-state index < -0.39 is 11.7 Å². The van der Waals surface area contributed by atoms with Gasteiger partial charge in [0.1, 0.15) is 0 Å². The molecule has 0 aromatic carbocycles. The van der Waals surface area contributed by atoms with Crippen LogP contribution in [-0.4, -0.2) is 16.6 Å². The Hall–Kier alpha value is -2.11. The summed E-state index contributed by atoms with van der Waals surface area (Å²) >= 11 is 0. The molecule has 3 nitrogen and oxygen atoms in total. The second kappa shape index (κ2) is 5.90. The summed E-state index contributed by atoms with van der Waals surface area (Å²) in [4.78, 5) is 8.04. The van der Waals surface area contributed by atoms with Gasteiger partial charge in [-0.05, 0) is 25.1 Å². The van der Waals surface area contributed by atoms with Crippen molar-refractivity contribution in [3.05, 3.63) is 53.5 Å². The summed E-state index contributed by atoms with van der Waals surface area (Å²) in [6.45, 7) is 1.73. The van der Waals surface area contributed by atoms with Gasteiger partial charge in [-0.25, -0.2) is 4.98 Å². The van der Waals surface area contributed by atoms with Crippen LogP contribution in [-0.2, 0) is 12.6 Å². The molecule has 0 spiro atoms. The molecule has 6 heteroatoms. The molecule has 0 saturated carbocycles. The van der Waals surface area contributed by atoms with E-state index in [1.165, 1.54) is 6.92 Å². The van der Waals surface area contributed by atoms with E-state index in [9.17, 15) is 13.2 Å². The van der Waals surface area contributed by atoms with Crippen molar-refractivity contribution in [1.82, 2.24) is 9.97 Å². The molecule has 0 bridgehead atoms. The van der Waals surface area contributed by atoms with Crippen LogP contribution in [0.1, 0.15) is 17.0 Å². The lowest BCUT2D eigenvalue weighted by Crippen LogP contribution is -2.09. The van der Waals surface area contributed by atoms with Gasteiger partial charge in [-0.1, -0.05) is 6.07 Å². The number of rotatable bonds is 4. The minimum absolute atomic E-state index is 0.0201. The van der Waals surface area contributed by atoms with E-state index in [-0.39, 0.29) is 18.2 Å². The van der Waals surface area contributed by atoms with Crippen LogP contribution < -0.4 is 4.74 Å². The van der Waals surface area contributed by atoms with Crippen LogP contribution in [0.3, 0.4) is 0 Å². The maximum atomic E-state index is 12.6. The zero-order chi connectivity index (χ0) is 14.6. The molecule has 0 radical (unpaired) electrons. The number of nitrogens with zero attached hydrogens (tertiary/aromatic N) is 2. The Labute approximate surface area is 114 Å². The summed E-state index contributed by atoms with van der Waals surface area (Å²) < 4.78 is 43.2. The van der Waals surface area contributed by atoms with Crippen molar-refractivity contribution in [2.75, 3.05) is 6.61 Å².